The van der Waals surface area contributed by atoms with E-state index in [0.717, 1.165) is 9.35 Å². The van der Waals surface area contributed by atoms with Gasteiger partial charge in [-0.25, -0.2) is 0 Å². The summed E-state index contributed by atoms with van der Waals surface area (Å²) in [6, 6.07) is 10.9. The van der Waals surface area contributed by atoms with Gasteiger partial charge in [0.15, 0.2) is 0 Å². The SMILES string of the molecule is O=C(CCNC(=O)c1ccccc1)NCc1cc(Br)cs1. The van der Waals surface area contributed by atoms with Crippen LogP contribution in [-0.4, -0.2) is 18.4 Å². The van der Waals surface area contributed by atoms with E-state index >= 15 is 0 Å². The van der Waals surface area contributed by atoms with E-state index in [1.165, 1.54) is 0 Å². The fourth-order valence-electron chi connectivity index (χ4n) is 1.70. The molecule has 2 aromatic rings. The van der Waals surface area contributed by atoms with Gasteiger partial charge in [0.25, 0.3) is 5.91 Å². The average Bonchev–Trinajstić information content (AvgIpc) is 2.91. The van der Waals surface area contributed by atoms with Crippen LogP contribution in [0.5, 0.6) is 0 Å². The number of rotatable bonds is 6. The molecule has 0 aliphatic carbocycles. The average molecular weight is 367 g/mol. The van der Waals surface area contributed by atoms with Crippen LogP contribution in [0.2, 0.25) is 0 Å². The smallest absolute Gasteiger partial charge is 0.251 e. The number of nitrogens with one attached hydrogen (secondary N) is 2. The highest BCUT2D eigenvalue weighted by molar-refractivity contribution is 9.10. The normalized spacial score (nSPS) is 10.1. The van der Waals surface area contributed by atoms with Gasteiger partial charge in [-0.15, -0.1) is 11.3 Å². The van der Waals surface area contributed by atoms with E-state index in [4.69, 9.17) is 0 Å². The molecule has 0 radical (unpaired) electrons. The van der Waals surface area contributed by atoms with Crippen LogP contribution >= 0.6 is 27.3 Å². The highest BCUT2D eigenvalue weighted by atomic mass is 79.9. The van der Waals surface area contributed by atoms with Crippen molar-refractivity contribution in [3.05, 3.63) is 56.7 Å². The number of hydrogen-bond donors (Lipinski definition) is 2. The first-order valence-corrected chi connectivity index (χ1v) is 8.15. The molecule has 2 N–H and O–H groups in total. The Balaban J connectivity index is 1.66. The second-order valence-electron chi connectivity index (χ2n) is 4.38. The molecule has 4 nitrogen and oxygen atoms in total. The monoisotopic (exact) mass is 366 g/mol. The molecule has 1 heterocycles. The lowest BCUT2D eigenvalue weighted by Gasteiger charge is -2.06. The van der Waals surface area contributed by atoms with Gasteiger partial charge in [-0.1, -0.05) is 18.2 Å². The largest absolute Gasteiger partial charge is 0.352 e. The van der Waals surface area contributed by atoms with Gasteiger partial charge >= 0.3 is 0 Å². The van der Waals surface area contributed by atoms with Crippen molar-refractivity contribution in [3.8, 4) is 0 Å². The first-order valence-electron chi connectivity index (χ1n) is 6.48. The fraction of sp³-hybridized carbons (Fsp3) is 0.200. The molecule has 1 aromatic carbocycles. The van der Waals surface area contributed by atoms with E-state index in [9.17, 15) is 9.59 Å². The van der Waals surface area contributed by atoms with Gasteiger partial charge in [0.1, 0.15) is 0 Å². The van der Waals surface area contributed by atoms with Crippen molar-refractivity contribution in [2.45, 2.75) is 13.0 Å². The van der Waals surface area contributed by atoms with Crippen LogP contribution in [0.25, 0.3) is 0 Å². The summed E-state index contributed by atoms with van der Waals surface area (Å²) in [5, 5.41) is 7.53. The van der Waals surface area contributed by atoms with E-state index in [0.29, 0.717) is 18.7 Å². The molecule has 21 heavy (non-hydrogen) atoms. The standard InChI is InChI=1S/C15H15BrN2O2S/c16-12-8-13(21-10-12)9-18-14(19)6-7-17-15(20)11-4-2-1-3-5-11/h1-5,8,10H,6-7,9H2,(H,17,20)(H,18,19). The number of carbonyl (C=O) groups excluding carboxylic acids is 2. The predicted molar refractivity (Wildman–Crippen MR) is 87.3 cm³/mol. The van der Waals surface area contributed by atoms with Crippen LogP contribution in [0.1, 0.15) is 21.7 Å². The third kappa shape index (κ3) is 5.32. The minimum Gasteiger partial charge on any atom is -0.352 e. The Labute approximate surface area is 135 Å². The number of thiophene rings is 1. The Kier molecular flexibility index (Phi) is 5.95. The lowest BCUT2D eigenvalue weighted by molar-refractivity contribution is -0.121. The molecule has 0 atom stereocenters. The van der Waals surface area contributed by atoms with Crippen molar-refractivity contribution in [2.24, 2.45) is 0 Å². The van der Waals surface area contributed by atoms with E-state index in [-0.39, 0.29) is 18.2 Å². The zero-order chi connectivity index (χ0) is 15.1. The van der Waals surface area contributed by atoms with Crippen molar-refractivity contribution < 1.29 is 9.59 Å². The summed E-state index contributed by atoms with van der Waals surface area (Å²) in [6.07, 6.45) is 0.269. The van der Waals surface area contributed by atoms with E-state index < -0.39 is 0 Å². The first-order chi connectivity index (χ1) is 10.1. The van der Waals surface area contributed by atoms with Crippen molar-refractivity contribution in [1.29, 1.82) is 0 Å². The summed E-state index contributed by atoms with van der Waals surface area (Å²) in [4.78, 5) is 24.5. The van der Waals surface area contributed by atoms with Crippen LogP contribution in [0, 0.1) is 0 Å². The van der Waals surface area contributed by atoms with E-state index in [1.54, 1.807) is 35.6 Å². The molecule has 0 aliphatic heterocycles. The lowest BCUT2D eigenvalue weighted by Crippen LogP contribution is -2.30. The molecule has 0 saturated carbocycles. The van der Waals surface area contributed by atoms with Crippen LogP contribution in [-0.2, 0) is 11.3 Å². The van der Waals surface area contributed by atoms with Gasteiger partial charge in [-0.05, 0) is 34.1 Å². The summed E-state index contributed by atoms with van der Waals surface area (Å²) in [7, 11) is 0. The summed E-state index contributed by atoms with van der Waals surface area (Å²) in [5.41, 5.74) is 0.598. The summed E-state index contributed by atoms with van der Waals surface area (Å²) >= 11 is 4.96. The molecule has 6 heteroatoms. The lowest BCUT2D eigenvalue weighted by atomic mass is 10.2. The third-order valence-electron chi connectivity index (χ3n) is 2.76. The number of hydrogen-bond acceptors (Lipinski definition) is 3. The zero-order valence-electron chi connectivity index (χ0n) is 11.3. The molecule has 0 fully saturated rings. The highest BCUT2D eigenvalue weighted by Crippen LogP contribution is 2.19. The van der Waals surface area contributed by atoms with Gasteiger partial charge in [0.05, 0.1) is 6.54 Å². The summed E-state index contributed by atoms with van der Waals surface area (Å²) < 4.78 is 1.02. The topological polar surface area (TPSA) is 58.2 Å². The van der Waals surface area contributed by atoms with Crippen LogP contribution < -0.4 is 10.6 Å². The Morgan fingerprint density at radius 1 is 1.14 bits per heavy atom. The van der Waals surface area contributed by atoms with E-state index in [1.807, 2.05) is 17.5 Å². The number of carbonyl (C=O) groups is 2. The van der Waals surface area contributed by atoms with Crippen molar-refractivity contribution in [1.82, 2.24) is 10.6 Å². The first kappa shape index (κ1) is 15.7. The second kappa shape index (κ2) is 7.95. The Hall–Kier alpha value is -1.66. The predicted octanol–water partition coefficient (Wildman–Crippen LogP) is 2.95. The van der Waals surface area contributed by atoms with Crippen LogP contribution in [0.3, 0.4) is 0 Å². The fourth-order valence-corrected chi connectivity index (χ4v) is 3.09. The molecular formula is C15H15BrN2O2S. The van der Waals surface area contributed by atoms with Crippen molar-refractivity contribution in [3.63, 3.8) is 0 Å². The maximum absolute atomic E-state index is 11.8. The molecule has 0 saturated heterocycles. The number of halogens is 1. The summed E-state index contributed by atoms with van der Waals surface area (Å²) in [6.45, 7) is 0.843. The molecule has 110 valence electrons. The molecule has 1 aromatic heterocycles. The minimum atomic E-state index is -0.161. The molecule has 0 spiro atoms. The second-order valence-corrected chi connectivity index (χ2v) is 6.29. The molecule has 0 unspecified atom stereocenters. The number of amides is 2. The molecule has 0 aliphatic rings. The maximum Gasteiger partial charge on any atom is 0.251 e. The molecule has 0 bridgehead atoms. The quantitative estimate of drug-likeness (QED) is 0.825. The molecule has 2 amide bonds. The van der Waals surface area contributed by atoms with Gasteiger partial charge in [-0.3, -0.25) is 9.59 Å². The minimum absolute atomic E-state index is 0.0760. The van der Waals surface area contributed by atoms with Crippen LogP contribution in [0.15, 0.2) is 46.3 Å². The third-order valence-corrected chi connectivity index (χ3v) is 4.45. The van der Waals surface area contributed by atoms with E-state index in [2.05, 4.69) is 26.6 Å². The van der Waals surface area contributed by atoms with Crippen molar-refractivity contribution in [2.75, 3.05) is 6.54 Å². The molecular weight excluding hydrogens is 352 g/mol. The number of benzene rings is 1. The Morgan fingerprint density at radius 3 is 2.57 bits per heavy atom. The van der Waals surface area contributed by atoms with Crippen molar-refractivity contribution >= 4 is 39.1 Å². The Morgan fingerprint density at radius 2 is 1.90 bits per heavy atom. The Bertz CT molecular complexity index is 613. The van der Waals surface area contributed by atoms with Gasteiger partial charge in [-0.2, -0.15) is 0 Å². The maximum atomic E-state index is 11.8. The van der Waals surface area contributed by atoms with Gasteiger partial charge in [0.2, 0.25) is 5.91 Å². The highest BCUT2D eigenvalue weighted by Gasteiger charge is 2.06. The zero-order valence-corrected chi connectivity index (χ0v) is 13.7. The molecule has 2 rings (SSSR count). The van der Waals surface area contributed by atoms with Gasteiger partial charge in [0, 0.05) is 33.3 Å². The van der Waals surface area contributed by atoms with Crippen LogP contribution in [0.4, 0.5) is 0 Å². The van der Waals surface area contributed by atoms with Gasteiger partial charge < -0.3 is 10.6 Å². The summed E-state index contributed by atoms with van der Waals surface area (Å²) in [5.74, 6) is -0.238.